The van der Waals surface area contributed by atoms with E-state index in [4.69, 9.17) is 0 Å². The van der Waals surface area contributed by atoms with Gasteiger partial charge in [0.05, 0.1) is 5.69 Å². The molecule has 20 heavy (non-hydrogen) atoms. The Bertz CT molecular complexity index is 596. The molecule has 2 heterocycles. The summed E-state index contributed by atoms with van der Waals surface area (Å²) in [4.78, 5) is 22.0. The van der Waals surface area contributed by atoms with Crippen LogP contribution in [0.4, 0.5) is 5.13 Å². The molecule has 2 rings (SSSR count). The zero-order valence-electron chi connectivity index (χ0n) is 11.7. The van der Waals surface area contributed by atoms with Crippen molar-refractivity contribution < 1.29 is 9.90 Å². The van der Waals surface area contributed by atoms with Crippen LogP contribution in [0.3, 0.4) is 0 Å². The van der Waals surface area contributed by atoms with Crippen LogP contribution in [0.15, 0.2) is 24.5 Å². The molecular weight excluding hydrogens is 274 g/mol. The molecule has 0 aromatic carbocycles. The van der Waals surface area contributed by atoms with E-state index in [1.165, 1.54) is 11.3 Å². The number of rotatable bonds is 5. The van der Waals surface area contributed by atoms with E-state index >= 15 is 0 Å². The lowest BCUT2D eigenvalue weighted by Crippen LogP contribution is -2.16. The highest BCUT2D eigenvalue weighted by Gasteiger charge is 2.21. The fraction of sp³-hybridized carbons (Fsp3) is 0.357. The van der Waals surface area contributed by atoms with Crippen molar-refractivity contribution in [2.24, 2.45) is 0 Å². The van der Waals surface area contributed by atoms with Crippen molar-refractivity contribution in [1.29, 1.82) is 0 Å². The van der Waals surface area contributed by atoms with E-state index in [2.05, 4.69) is 9.97 Å². The summed E-state index contributed by atoms with van der Waals surface area (Å²) < 4.78 is 0. The zero-order chi connectivity index (χ0) is 14.7. The summed E-state index contributed by atoms with van der Waals surface area (Å²) in [6.07, 6.45) is 3.49. The minimum absolute atomic E-state index is 0.0976. The van der Waals surface area contributed by atoms with Gasteiger partial charge in [0, 0.05) is 26.0 Å². The fourth-order valence-corrected chi connectivity index (χ4v) is 2.88. The number of thiazole rings is 1. The number of aromatic carboxylic acids is 1. The molecule has 0 bridgehead atoms. The van der Waals surface area contributed by atoms with Gasteiger partial charge in [-0.3, -0.25) is 4.98 Å². The Morgan fingerprint density at radius 3 is 2.55 bits per heavy atom. The van der Waals surface area contributed by atoms with Crippen LogP contribution in [-0.4, -0.2) is 28.1 Å². The minimum Gasteiger partial charge on any atom is -0.477 e. The van der Waals surface area contributed by atoms with Crippen molar-refractivity contribution in [3.05, 3.63) is 40.7 Å². The monoisotopic (exact) mass is 291 g/mol. The lowest BCUT2D eigenvalue weighted by molar-refractivity contribution is 0.0700. The topological polar surface area (TPSA) is 66.3 Å². The van der Waals surface area contributed by atoms with Crippen LogP contribution in [-0.2, 0) is 6.54 Å². The highest BCUT2D eigenvalue weighted by Crippen LogP contribution is 2.30. The molecule has 0 saturated heterocycles. The van der Waals surface area contributed by atoms with Crippen molar-refractivity contribution >= 4 is 22.4 Å². The molecule has 0 fully saturated rings. The first-order valence-corrected chi connectivity index (χ1v) is 7.14. The first-order chi connectivity index (χ1) is 9.49. The van der Waals surface area contributed by atoms with Crippen molar-refractivity contribution in [1.82, 2.24) is 9.97 Å². The normalized spacial score (nSPS) is 10.8. The molecule has 0 aliphatic carbocycles. The summed E-state index contributed by atoms with van der Waals surface area (Å²) in [5.74, 6) is -0.810. The summed E-state index contributed by atoms with van der Waals surface area (Å²) in [5.41, 5.74) is 1.76. The van der Waals surface area contributed by atoms with Gasteiger partial charge in [-0.25, -0.2) is 9.78 Å². The van der Waals surface area contributed by atoms with Crippen molar-refractivity contribution in [2.45, 2.75) is 26.3 Å². The van der Waals surface area contributed by atoms with Crippen LogP contribution in [0.5, 0.6) is 0 Å². The molecule has 5 nitrogen and oxygen atoms in total. The van der Waals surface area contributed by atoms with E-state index in [1.54, 1.807) is 12.4 Å². The van der Waals surface area contributed by atoms with Crippen LogP contribution in [0.1, 0.15) is 40.7 Å². The maximum absolute atomic E-state index is 11.3. The Labute approximate surface area is 121 Å². The molecule has 0 saturated carbocycles. The number of hydrogen-bond donors (Lipinski definition) is 1. The summed E-state index contributed by atoms with van der Waals surface area (Å²) >= 11 is 1.22. The molecule has 0 aliphatic rings. The van der Waals surface area contributed by atoms with E-state index in [0.29, 0.717) is 17.1 Å². The zero-order valence-corrected chi connectivity index (χ0v) is 12.5. The Kier molecular flexibility index (Phi) is 4.34. The third-order valence-electron chi connectivity index (χ3n) is 2.88. The fourth-order valence-electron chi connectivity index (χ4n) is 1.86. The molecule has 0 unspecified atom stereocenters. The van der Waals surface area contributed by atoms with Crippen LogP contribution in [0.25, 0.3) is 0 Å². The van der Waals surface area contributed by atoms with Crippen LogP contribution in [0.2, 0.25) is 0 Å². The van der Waals surface area contributed by atoms with E-state index < -0.39 is 5.97 Å². The Morgan fingerprint density at radius 2 is 2.05 bits per heavy atom. The molecule has 6 heteroatoms. The number of carboxylic acid groups (broad SMARTS) is 1. The summed E-state index contributed by atoms with van der Waals surface area (Å²) in [7, 11) is 1.91. The number of nitrogens with zero attached hydrogens (tertiary/aromatic N) is 3. The van der Waals surface area contributed by atoms with Gasteiger partial charge in [-0.15, -0.1) is 0 Å². The predicted molar refractivity (Wildman–Crippen MR) is 79.5 cm³/mol. The standard InChI is InChI=1S/C14H17N3O2S/c1-9(2)11-12(13(18)19)20-14(16-11)17(3)8-10-4-6-15-7-5-10/h4-7,9H,8H2,1-3H3,(H,18,19). The van der Waals surface area contributed by atoms with Gasteiger partial charge in [-0.1, -0.05) is 25.2 Å². The van der Waals surface area contributed by atoms with Gasteiger partial charge >= 0.3 is 5.97 Å². The molecule has 2 aromatic rings. The van der Waals surface area contributed by atoms with Crippen LogP contribution < -0.4 is 4.90 Å². The average Bonchev–Trinajstić information content (AvgIpc) is 2.85. The Hall–Kier alpha value is -1.95. The van der Waals surface area contributed by atoms with E-state index in [9.17, 15) is 9.90 Å². The highest BCUT2D eigenvalue weighted by molar-refractivity contribution is 7.17. The predicted octanol–water partition coefficient (Wildman–Crippen LogP) is 3.00. The van der Waals surface area contributed by atoms with Gasteiger partial charge in [0.2, 0.25) is 0 Å². The maximum Gasteiger partial charge on any atom is 0.347 e. The first kappa shape index (κ1) is 14.5. The maximum atomic E-state index is 11.3. The van der Waals surface area contributed by atoms with Gasteiger partial charge in [-0.2, -0.15) is 0 Å². The lowest BCUT2D eigenvalue weighted by Gasteiger charge is -2.15. The largest absolute Gasteiger partial charge is 0.477 e. The number of anilines is 1. The van der Waals surface area contributed by atoms with E-state index in [1.807, 2.05) is 37.9 Å². The SMILES string of the molecule is CC(C)c1nc(N(C)Cc2ccncc2)sc1C(=O)O. The summed E-state index contributed by atoms with van der Waals surface area (Å²) in [6.45, 7) is 4.58. The van der Waals surface area contributed by atoms with Gasteiger partial charge in [-0.05, 0) is 23.6 Å². The number of pyridine rings is 1. The number of carbonyl (C=O) groups is 1. The van der Waals surface area contributed by atoms with Gasteiger partial charge < -0.3 is 10.0 Å². The van der Waals surface area contributed by atoms with Crippen molar-refractivity contribution in [3.8, 4) is 0 Å². The second-order valence-corrected chi connectivity index (χ2v) is 5.86. The Morgan fingerprint density at radius 1 is 1.40 bits per heavy atom. The molecule has 0 atom stereocenters. The number of carboxylic acids is 1. The molecule has 106 valence electrons. The third kappa shape index (κ3) is 3.14. The Balaban J connectivity index is 2.24. The smallest absolute Gasteiger partial charge is 0.347 e. The molecule has 0 aliphatic heterocycles. The lowest BCUT2D eigenvalue weighted by atomic mass is 10.1. The molecule has 1 N–H and O–H groups in total. The molecular formula is C14H17N3O2S. The highest BCUT2D eigenvalue weighted by atomic mass is 32.1. The van der Waals surface area contributed by atoms with E-state index in [-0.39, 0.29) is 5.92 Å². The summed E-state index contributed by atoms with van der Waals surface area (Å²) in [5, 5.41) is 9.97. The van der Waals surface area contributed by atoms with E-state index in [0.717, 1.165) is 10.7 Å². The van der Waals surface area contributed by atoms with Crippen molar-refractivity contribution in [2.75, 3.05) is 11.9 Å². The van der Waals surface area contributed by atoms with Crippen LogP contribution in [0, 0.1) is 0 Å². The molecule has 0 amide bonds. The quantitative estimate of drug-likeness (QED) is 0.917. The molecule has 0 spiro atoms. The number of aromatic nitrogens is 2. The average molecular weight is 291 g/mol. The molecule has 2 aromatic heterocycles. The van der Waals surface area contributed by atoms with Gasteiger partial charge in [0.15, 0.2) is 5.13 Å². The number of hydrogen-bond acceptors (Lipinski definition) is 5. The van der Waals surface area contributed by atoms with Gasteiger partial charge in [0.1, 0.15) is 4.88 Å². The third-order valence-corrected chi connectivity index (χ3v) is 4.05. The second kappa shape index (κ2) is 6.00. The minimum atomic E-state index is -0.908. The molecule has 0 radical (unpaired) electrons. The van der Waals surface area contributed by atoms with Crippen molar-refractivity contribution in [3.63, 3.8) is 0 Å². The first-order valence-electron chi connectivity index (χ1n) is 6.33. The van der Waals surface area contributed by atoms with Gasteiger partial charge in [0.25, 0.3) is 0 Å². The van der Waals surface area contributed by atoms with Crippen LogP contribution >= 0.6 is 11.3 Å². The second-order valence-electron chi connectivity index (χ2n) is 4.88. The summed E-state index contributed by atoms with van der Waals surface area (Å²) in [6, 6.07) is 3.87.